The molecule has 0 aromatic rings. The minimum absolute atomic E-state index is 0.361. The first-order chi connectivity index (χ1) is 7.33. The van der Waals surface area contributed by atoms with E-state index in [1.54, 1.807) is 0 Å². The largest absolute Gasteiger partial charge is 0.396 e. The molecule has 0 heterocycles. The van der Waals surface area contributed by atoms with Gasteiger partial charge in [0.25, 0.3) is 0 Å². The first-order valence-electron chi connectivity index (χ1n) is 6.94. The van der Waals surface area contributed by atoms with Crippen molar-refractivity contribution in [1.29, 1.82) is 0 Å². The molecule has 0 radical (unpaired) electrons. The average Bonchev–Trinajstić information content (AvgIpc) is 2.26. The smallest absolute Gasteiger partial charge is 0.0431 e. The SMILES string of the molecule is CCCCCCCC.CCCCCCO. The Morgan fingerprint density at radius 2 is 0.867 bits per heavy atom. The van der Waals surface area contributed by atoms with Crippen LogP contribution < -0.4 is 0 Å². The molecule has 0 amide bonds. The van der Waals surface area contributed by atoms with Crippen molar-refractivity contribution < 1.29 is 5.11 Å². The molecule has 1 heteroatoms. The van der Waals surface area contributed by atoms with Crippen molar-refractivity contribution in [2.45, 2.75) is 85.0 Å². The van der Waals surface area contributed by atoms with E-state index in [0.29, 0.717) is 6.61 Å². The highest BCUT2D eigenvalue weighted by Gasteiger charge is 1.83. The topological polar surface area (TPSA) is 20.2 Å². The lowest BCUT2D eigenvalue weighted by atomic mass is 10.1. The van der Waals surface area contributed by atoms with Gasteiger partial charge in [-0.2, -0.15) is 0 Å². The van der Waals surface area contributed by atoms with E-state index in [9.17, 15) is 0 Å². The molecule has 0 bridgehead atoms. The van der Waals surface area contributed by atoms with Gasteiger partial charge >= 0.3 is 0 Å². The minimum atomic E-state index is 0.361. The van der Waals surface area contributed by atoms with Gasteiger partial charge < -0.3 is 5.11 Å². The fraction of sp³-hybridized carbons (Fsp3) is 1.00. The third kappa shape index (κ3) is 24.9. The molecule has 0 aliphatic carbocycles. The summed E-state index contributed by atoms with van der Waals surface area (Å²) in [5.41, 5.74) is 0. The van der Waals surface area contributed by atoms with Crippen LogP contribution >= 0.6 is 0 Å². The van der Waals surface area contributed by atoms with E-state index in [0.717, 1.165) is 6.42 Å². The highest BCUT2D eigenvalue weighted by Crippen LogP contribution is 2.03. The molecule has 0 aliphatic rings. The molecule has 0 spiro atoms. The van der Waals surface area contributed by atoms with E-state index in [-0.39, 0.29) is 0 Å². The fourth-order valence-corrected chi connectivity index (χ4v) is 1.39. The predicted octanol–water partition coefficient (Wildman–Crippen LogP) is 4.93. The minimum Gasteiger partial charge on any atom is -0.396 e. The van der Waals surface area contributed by atoms with Gasteiger partial charge in [-0.25, -0.2) is 0 Å². The number of rotatable bonds is 9. The molecule has 0 saturated carbocycles. The Morgan fingerprint density at radius 3 is 1.13 bits per heavy atom. The molecule has 15 heavy (non-hydrogen) atoms. The third-order valence-corrected chi connectivity index (χ3v) is 2.47. The van der Waals surface area contributed by atoms with Crippen LogP contribution in [-0.4, -0.2) is 11.7 Å². The van der Waals surface area contributed by atoms with Crippen LogP contribution in [0.1, 0.15) is 85.0 Å². The van der Waals surface area contributed by atoms with E-state index in [1.807, 2.05) is 0 Å². The highest BCUT2D eigenvalue weighted by molar-refractivity contribution is 4.39. The number of hydrogen-bond donors (Lipinski definition) is 1. The van der Waals surface area contributed by atoms with E-state index in [2.05, 4.69) is 20.8 Å². The summed E-state index contributed by atoms with van der Waals surface area (Å²) in [6.45, 7) is 7.04. The third-order valence-electron chi connectivity index (χ3n) is 2.47. The Labute approximate surface area is 97.3 Å². The lowest BCUT2D eigenvalue weighted by molar-refractivity contribution is 0.283. The fourth-order valence-electron chi connectivity index (χ4n) is 1.39. The number of hydrogen-bond acceptors (Lipinski definition) is 1. The second kappa shape index (κ2) is 19.5. The summed E-state index contributed by atoms with van der Waals surface area (Å²) in [5.74, 6) is 0. The van der Waals surface area contributed by atoms with Crippen LogP contribution in [0.25, 0.3) is 0 Å². The zero-order valence-corrected chi connectivity index (χ0v) is 11.2. The Bertz CT molecular complexity index is 71.4. The summed E-state index contributed by atoms with van der Waals surface area (Å²) in [5, 5.41) is 8.29. The molecule has 0 fully saturated rings. The van der Waals surface area contributed by atoms with Crippen molar-refractivity contribution in [3.05, 3.63) is 0 Å². The van der Waals surface area contributed by atoms with Crippen molar-refractivity contribution in [2.75, 3.05) is 6.61 Å². The van der Waals surface area contributed by atoms with Crippen molar-refractivity contribution in [1.82, 2.24) is 0 Å². The van der Waals surface area contributed by atoms with Crippen LogP contribution in [0.3, 0.4) is 0 Å². The first-order valence-corrected chi connectivity index (χ1v) is 6.94. The molecule has 0 saturated heterocycles. The van der Waals surface area contributed by atoms with Crippen molar-refractivity contribution in [2.24, 2.45) is 0 Å². The standard InChI is InChI=1S/C8H18.C6H14O/c1-3-5-7-8-6-4-2;1-2-3-4-5-6-7/h3-8H2,1-2H3;7H,2-6H2,1H3. The van der Waals surface area contributed by atoms with Crippen LogP contribution in [-0.2, 0) is 0 Å². The number of unbranched alkanes of at least 4 members (excludes halogenated alkanes) is 8. The van der Waals surface area contributed by atoms with Gasteiger partial charge in [-0.3, -0.25) is 0 Å². The quantitative estimate of drug-likeness (QED) is 0.542. The van der Waals surface area contributed by atoms with Crippen molar-refractivity contribution >= 4 is 0 Å². The Morgan fingerprint density at radius 1 is 0.533 bits per heavy atom. The first kappa shape index (κ1) is 17.4. The molecule has 0 aliphatic heterocycles. The van der Waals surface area contributed by atoms with Gasteiger partial charge in [-0.1, -0.05) is 78.6 Å². The molecule has 0 unspecified atom stereocenters. The molecule has 1 N–H and O–H groups in total. The maximum Gasteiger partial charge on any atom is 0.0431 e. The highest BCUT2D eigenvalue weighted by atomic mass is 16.2. The second-order valence-corrected chi connectivity index (χ2v) is 4.20. The lowest BCUT2D eigenvalue weighted by Crippen LogP contribution is -1.80. The Kier molecular flexibility index (Phi) is 22.6. The van der Waals surface area contributed by atoms with Gasteiger partial charge in [-0.05, 0) is 6.42 Å². The van der Waals surface area contributed by atoms with Crippen LogP contribution in [0.4, 0.5) is 0 Å². The summed E-state index contributed by atoms with van der Waals surface area (Å²) >= 11 is 0. The Hall–Kier alpha value is -0.0400. The molecule has 0 rings (SSSR count). The predicted molar refractivity (Wildman–Crippen MR) is 70.3 cm³/mol. The number of aliphatic hydroxyl groups excluding tert-OH is 1. The second-order valence-electron chi connectivity index (χ2n) is 4.20. The van der Waals surface area contributed by atoms with Gasteiger partial charge in [0.05, 0.1) is 0 Å². The molecular formula is C14H32O. The van der Waals surface area contributed by atoms with Crippen molar-refractivity contribution in [3.63, 3.8) is 0 Å². The van der Waals surface area contributed by atoms with Crippen molar-refractivity contribution in [3.8, 4) is 0 Å². The number of aliphatic hydroxyl groups is 1. The van der Waals surface area contributed by atoms with E-state index in [1.165, 1.54) is 57.8 Å². The normalized spacial score (nSPS) is 9.60. The van der Waals surface area contributed by atoms with Gasteiger partial charge in [0.15, 0.2) is 0 Å². The lowest BCUT2D eigenvalue weighted by Gasteiger charge is -1.93. The summed E-state index contributed by atoms with van der Waals surface area (Å²) in [7, 11) is 0. The van der Waals surface area contributed by atoms with Gasteiger partial charge in [0.1, 0.15) is 0 Å². The van der Waals surface area contributed by atoms with Crippen LogP contribution in [0.15, 0.2) is 0 Å². The van der Waals surface area contributed by atoms with E-state index < -0.39 is 0 Å². The molecule has 94 valence electrons. The van der Waals surface area contributed by atoms with E-state index >= 15 is 0 Å². The van der Waals surface area contributed by atoms with Crippen LogP contribution in [0.2, 0.25) is 0 Å². The zero-order valence-electron chi connectivity index (χ0n) is 11.2. The van der Waals surface area contributed by atoms with E-state index in [4.69, 9.17) is 5.11 Å². The van der Waals surface area contributed by atoms with Crippen LogP contribution in [0, 0.1) is 0 Å². The molecule has 1 nitrogen and oxygen atoms in total. The summed E-state index contributed by atoms with van der Waals surface area (Å²) < 4.78 is 0. The molecule has 0 aromatic heterocycles. The van der Waals surface area contributed by atoms with Crippen LogP contribution in [0.5, 0.6) is 0 Å². The van der Waals surface area contributed by atoms with Gasteiger partial charge in [0.2, 0.25) is 0 Å². The van der Waals surface area contributed by atoms with Gasteiger partial charge in [0, 0.05) is 6.61 Å². The monoisotopic (exact) mass is 216 g/mol. The zero-order chi connectivity index (χ0) is 11.8. The molecule has 0 atom stereocenters. The average molecular weight is 216 g/mol. The summed E-state index contributed by atoms with van der Waals surface area (Å²) in [6.07, 6.45) is 13.2. The maximum atomic E-state index is 8.29. The molecule has 0 aromatic carbocycles. The Balaban J connectivity index is 0. The van der Waals surface area contributed by atoms with Gasteiger partial charge in [-0.15, -0.1) is 0 Å². The summed E-state index contributed by atoms with van der Waals surface area (Å²) in [4.78, 5) is 0. The maximum absolute atomic E-state index is 8.29. The molecular weight excluding hydrogens is 184 g/mol. The summed E-state index contributed by atoms with van der Waals surface area (Å²) in [6, 6.07) is 0.